The first kappa shape index (κ1) is 16.7. The van der Waals surface area contributed by atoms with E-state index in [0.29, 0.717) is 43.7 Å². The molecule has 0 unspecified atom stereocenters. The summed E-state index contributed by atoms with van der Waals surface area (Å²) < 4.78 is 2.51. The minimum absolute atomic E-state index is 0.0377. The average Bonchev–Trinajstić information content (AvgIpc) is 2.95. The Hall–Kier alpha value is -2.17. The maximum atomic E-state index is 13.1. The van der Waals surface area contributed by atoms with Gasteiger partial charge in [-0.1, -0.05) is 13.0 Å². The van der Waals surface area contributed by atoms with Gasteiger partial charge in [0, 0.05) is 11.8 Å². The van der Waals surface area contributed by atoms with Crippen LogP contribution >= 0.6 is 31.9 Å². The van der Waals surface area contributed by atoms with Gasteiger partial charge in [0.15, 0.2) is 0 Å². The van der Waals surface area contributed by atoms with E-state index in [-0.39, 0.29) is 11.5 Å². The fourth-order valence-corrected chi connectivity index (χ4v) is 3.66. The molecule has 0 aliphatic rings. The first-order chi connectivity index (χ1) is 11.5. The number of aromatic nitrogens is 2. The summed E-state index contributed by atoms with van der Waals surface area (Å²) in [5.74, 6) is -0.182. The predicted octanol–water partition coefficient (Wildman–Crippen LogP) is 4.91. The summed E-state index contributed by atoms with van der Waals surface area (Å²) in [5, 5.41) is 9.83. The molecule has 0 radical (unpaired) electrons. The normalized spacial score (nSPS) is 10.8. The van der Waals surface area contributed by atoms with E-state index < -0.39 is 0 Å². The SMILES string of the molecule is [C-]#[N+]c1ccc2nc(CC)c(C(=O)c3cc(Br)c(O)c(Br)c3)n2c1. The maximum Gasteiger partial charge on any atom is 0.211 e. The molecule has 5 nitrogen and oxygen atoms in total. The van der Waals surface area contributed by atoms with Gasteiger partial charge in [0.05, 0.1) is 21.2 Å². The molecule has 2 aromatic heterocycles. The molecule has 24 heavy (non-hydrogen) atoms. The number of fused-ring (bicyclic) bond motifs is 1. The number of aromatic hydroxyl groups is 1. The van der Waals surface area contributed by atoms with Gasteiger partial charge in [0.1, 0.15) is 17.1 Å². The van der Waals surface area contributed by atoms with Crippen molar-refractivity contribution in [3.8, 4) is 5.75 Å². The second-order valence-electron chi connectivity index (χ2n) is 5.11. The van der Waals surface area contributed by atoms with Crippen LogP contribution in [0.15, 0.2) is 39.4 Å². The van der Waals surface area contributed by atoms with Crippen molar-refractivity contribution in [1.29, 1.82) is 0 Å². The molecule has 0 saturated carbocycles. The van der Waals surface area contributed by atoms with Crippen molar-refractivity contribution in [3.63, 3.8) is 0 Å². The lowest BCUT2D eigenvalue weighted by atomic mass is 10.1. The van der Waals surface area contributed by atoms with Crippen LogP contribution in [-0.2, 0) is 6.42 Å². The molecule has 0 saturated heterocycles. The summed E-state index contributed by atoms with van der Waals surface area (Å²) in [6.45, 7) is 9.09. The highest BCUT2D eigenvalue weighted by Crippen LogP contribution is 2.34. The van der Waals surface area contributed by atoms with Crippen LogP contribution in [-0.4, -0.2) is 20.3 Å². The van der Waals surface area contributed by atoms with Crippen LogP contribution in [0.1, 0.15) is 28.7 Å². The van der Waals surface area contributed by atoms with Crippen molar-refractivity contribution in [2.24, 2.45) is 0 Å². The van der Waals surface area contributed by atoms with Gasteiger partial charge in [0.2, 0.25) is 11.5 Å². The van der Waals surface area contributed by atoms with Gasteiger partial charge in [-0.15, -0.1) is 0 Å². The number of nitrogens with zero attached hydrogens (tertiary/aromatic N) is 3. The van der Waals surface area contributed by atoms with Gasteiger partial charge < -0.3 is 9.51 Å². The van der Waals surface area contributed by atoms with E-state index in [1.807, 2.05) is 6.92 Å². The van der Waals surface area contributed by atoms with E-state index in [4.69, 9.17) is 6.57 Å². The summed E-state index contributed by atoms with van der Waals surface area (Å²) in [6, 6.07) is 6.54. The van der Waals surface area contributed by atoms with Gasteiger partial charge in [-0.05, 0) is 56.5 Å². The molecular formula is C17H11Br2N3O2. The van der Waals surface area contributed by atoms with E-state index >= 15 is 0 Å². The number of phenolic OH excluding ortho intramolecular Hbond substituents is 1. The van der Waals surface area contributed by atoms with Gasteiger partial charge in [-0.2, -0.15) is 0 Å². The molecule has 1 N–H and O–H groups in total. The van der Waals surface area contributed by atoms with Gasteiger partial charge in [0.25, 0.3) is 0 Å². The number of carbonyl (C=O) groups excluding carboxylic acids is 1. The Labute approximate surface area is 155 Å². The highest BCUT2D eigenvalue weighted by molar-refractivity contribution is 9.11. The molecule has 7 heteroatoms. The summed E-state index contributed by atoms with van der Waals surface area (Å²) >= 11 is 6.48. The summed E-state index contributed by atoms with van der Waals surface area (Å²) in [5.41, 5.74) is 2.57. The summed E-state index contributed by atoms with van der Waals surface area (Å²) in [6.07, 6.45) is 2.21. The quantitative estimate of drug-likeness (QED) is 0.457. The molecule has 120 valence electrons. The van der Waals surface area contributed by atoms with E-state index in [2.05, 4.69) is 41.7 Å². The second kappa shape index (κ2) is 6.38. The third kappa shape index (κ3) is 2.72. The standard InChI is InChI=1S/C17H11Br2N3O2/c1-3-13-15(22-8-10(20-2)4-5-14(22)21-13)16(23)9-6-11(18)17(24)12(19)7-9/h4-8,24H,3H2,1H3. The number of imidazole rings is 1. The number of hydrogen-bond donors (Lipinski definition) is 1. The largest absolute Gasteiger partial charge is 0.506 e. The van der Waals surface area contributed by atoms with Crippen LogP contribution in [0.2, 0.25) is 0 Å². The first-order valence-electron chi connectivity index (χ1n) is 7.07. The van der Waals surface area contributed by atoms with Crippen LogP contribution in [0.3, 0.4) is 0 Å². The number of benzene rings is 1. The Kier molecular flexibility index (Phi) is 4.43. The molecule has 0 aliphatic heterocycles. The Morgan fingerprint density at radius 3 is 2.58 bits per heavy atom. The molecule has 0 fully saturated rings. The van der Waals surface area contributed by atoms with Gasteiger partial charge in [-0.3, -0.25) is 4.79 Å². The molecule has 0 aliphatic carbocycles. The molecule has 2 heterocycles. The highest BCUT2D eigenvalue weighted by atomic mass is 79.9. The number of phenols is 1. The fraction of sp³-hybridized carbons (Fsp3) is 0.118. The maximum absolute atomic E-state index is 13.1. The monoisotopic (exact) mass is 447 g/mol. The zero-order valence-corrected chi connectivity index (χ0v) is 15.7. The Bertz CT molecular complexity index is 996. The van der Waals surface area contributed by atoms with Crippen molar-refractivity contribution in [1.82, 2.24) is 9.38 Å². The van der Waals surface area contributed by atoms with Crippen LogP contribution in [0.5, 0.6) is 5.75 Å². The van der Waals surface area contributed by atoms with Crippen molar-refractivity contribution >= 4 is 49.0 Å². The van der Waals surface area contributed by atoms with Crippen LogP contribution in [0.25, 0.3) is 10.5 Å². The van der Waals surface area contributed by atoms with Crippen molar-refractivity contribution in [2.75, 3.05) is 0 Å². The third-order valence-corrected chi connectivity index (χ3v) is 4.84. The Morgan fingerprint density at radius 2 is 2.00 bits per heavy atom. The van der Waals surface area contributed by atoms with E-state index in [0.717, 1.165) is 0 Å². The Morgan fingerprint density at radius 1 is 1.33 bits per heavy atom. The molecule has 0 atom stereocenters. The Balaban J connectivity index is 2.24. The number of halogens is 2. The van der Waals surface area contributed by atoms with Gasteiger partial charge >= 0.3 is 0 Å². The number of rotatable bonds is 3. The van der Waals surface area contributed by atoms with Crippen molar-refractivity contribution < 1.29 is 9.90 Å². The lowest BCUT2D eigenvalue weighted by Gasteiger charge is -2.07. The zero-order chi connectivity index (χ0) is 17.4. The topological polar surface area (TPSA) is 59.0 Å². The molecule has 3 aromatic rings. The molecule has 0 amide bonds. The summed E-state index contributed by atoms with van der Waals surface area (Å²) in [7, 11) is 0. The number of carbonyl (C=O) groups is 1. The molecule has 0 bridgehead atoms. The van der Waals surface area contributed by atoms with E-state index in [1.54, 1.807) is 34.9 Å². The molecule has 0 spiro atoms. The van der Waals surface area contributed by atoms with E-state index in [9.17, 15) is 9.90 Å². The van der Waals surface area contributed by atoms with E-state index in [1.165, 1.54) is 0 Å². The fourth-order valence-electron chi connectivity index (χ4n) is 2.47. The van der Waals surface area contributed by atoms with Crippen LogP contribution < -0.4 is 0 Å². The molecular weight excluding hydrogens is 438 g/mol. The number of pyridine rings is 1. The minimum atomic E-state index is -0.220. The lowest BCUT2D eigenvalue weighted by Crippen LogP contribution is -2.08. The number of aryl methyl sites for hydroxylation is 1. The van der Waals surface area contributed by atoms with Crippen LogP contribution in [0.4, 0.5) is 5.69 Å². The highest BCUT2D eigenvalue weighted by Gasteiger charge is 2.21. The smallest absolute Gasteiger partial charge is 0.211 e. The summed E-state index contributed by atoms with van der Waals surface area (Å²) in [4.78, 5) is 20.9. The van der Waals surface area contributed by atoms with Crippen molar-refractivity contribution in [3.05, 3.63) is 67.8 Å². The zero-order valence-electron chi connectivity index (χ0n) is 12.5. The molecule has 1 aromatic carbocycles. The minimum Gasteiger partial charge on any atom is -0.506 e. The van der Waals surface area contributed by atoms with Crippen molar-refractivity contribution in [2.45, 2.75) is 13.3 Å². The second-order valence-corrected chi connectivity index (χ2v) is 6.81. The first-order valence-corrected chi connectivity index (χ1v) is 8.66. The van der Waals surface area contributed by atoms with Crippen LogP contribution in [0, 0.1) is 6.57 Å². The van der Waals surface area contributed by atoms with Gasteiger partial charge in [-0.25, -0.2) is 9.83 Å². The average molecular weight is 449 g/mol. The third-order valence-electron chi connectivity index (χ3n) is 3.63. The molecule has 3 rings (SSSR count). The number of hydrogen-bond acceptors (Lipinski definition) is 3. The number of ketones is 1. The predicted molar refractivity (Wildman–Crippen MR) is 97.8 cm³/mol. The lowest BCUT2D eigenvalue weighted by molar-refractivity contribution is 0.103.